The van der Waals surface area contributed by atoms with Gasteiger partial charge in [0.15, 0.2) is 11.5 Å². The van der Waals surface area contributed by atoms with E-state index in [0.29, 0.717) is 43.2 Å². The summed E-state index contributed by atoms with van der Waals surface area (Å²) in [5.41, 5.74) is 1.64. The molecule has 4 rings (SSSR count). The molecule has 0 bridgehead atoms. The molecule has 2 aliphatic heterocycles. The van der Waals surface area contributed by atoms with Gasteiger partial charge in [-0.05, 0) is 61.2 Å². The zero-order valence-corrected chi connectivity index (χ0v) is 17.5. The van der Waals surface area contributed by atoms with Crippen LogP contribution in [0.4, 0.5) is 0 Å². The van der Waals surface area contributed by atoms with Crippen molar-refractivity contribution in [1.82, 2.24) is 10.2 Å². The molecule has 0 saturated carbocycles. The molecule has 0 aromatic heterocycles. The second kappa shape index (κ2) is 9.39. The highest BCUT2D eigenvalue weighted by Crippen LogP contribution is 2.38. The SMILES string of the molecule is O=C(NCCCC(=O)N1CCC[C@@H]1c1ccc2c(c1)OCCO2)c1ccc(Cl)cc1. The van der Waals surface area contributed by atoms with E-state index in [1.165, 1.54) is 0 Å². The number of amides is 2. The maximum Gasteiger partial charge on any atom is 0.251 e. The van der Waals surface area contributed by atoms with Crippen LogP contribution in [0.1, 0.15) is 47.6 Å². The highest BCUT2D eigenvalue weighted by atomic mass is 35.5. The summed E-state index contributed by atoms with van der Waals surface area (Å²) < 4.78 is 11.3. The molecule has 0 spiro atoms. The summed E-state index contributed by atoms with van der Waals surface area (Å²) in [5, 5.41) is 3.45. The van der Waals surface area contributed by atoms with Gasteiger partial charge in [0.2, 0.25) is 5.91 Å². The molecule has 2 heterocycles. The third-order valence-electron chi connectivity index (χ3n) is 5.48. The molecule has 2 aromatic rings. The summed E-state index contributed by atoms with van der Waals surface area (Å²) in [6, 6.07) is 12.8. The van der Waals surface area contributed by atoms with Crippen molar-refractivity contribution in [2.45, 2.75) is 31.7 Å². The van der Waals surface area contributed by atoms with Crippen LogP contribution in [0.15, 0.2) is 42.5 Å². The van der Waals surface area contributed by atoms with Gasteiger partial charge in [-0.15, -0.1) is 0 Å². The van der Waals surface area contributed by atoms with Gasteiger partial charge in [0, 0.05) is 30.1 Å². The lowest BCUT2D eigenvalue weighted by Gasteiger charge is -2.27. The first-order valence-corrected chi connectivity index (χ1v) is 10.7. The third kappa shape index (κ3) is 4.70. The van der Waals surface area contributed by atoms with E-state index in [9.17, 15) is 9.59 Å². The van der Waals surface area contributed by atoms with Crippen molar-refractivity contribution in [2.75, 3.05) is 26.3 Å². The first kappa shape index (κ1) is 20.5. The topological polar surface area (TPSA) is 67.9 Å². The predicted molar refractivity (Wildman–Crippen MR) is 114 cm³/mol. The van der Waals surface area contributed by atoms with Crippen molar-refractivity contribution in [1.29, 1.82) is 0 Å². The Balaban J connectivity index is 1.28. The monoisotopic (exact) mass is 428 g/mol. The van der Waals surface area contributed by atoms with Crippen molar-refractivity contribution in [3.8, 4) is 11.5 Å². The lowest BCUT2D eigenvalue weighted by atomic mass is 10.0. The molecule has 1 fully saturated rings. The number of benzene rings is 2. The third-order valence-corrected chi connectivity index (χ3v) is 5.74. The number of ether oxygens (including phenoxy) is 2. The van der Waals surface area contributed by atoms with Crippen LogP contribution in [0.3, 0.4) is 0 Å². The Hall–Kier alpha value is -2.73. The fraction of sp³-hybridized carbons (Fsp3) is 0.391. The van der Waals surface area contributed by atoms with E-state index >= 15 is 0 Å². The summed E-state index contributed by atoms with van der Waals surface area (Å²) in [4.78, 5) is 26.9. The first-order valence-electron chi connectivity index (χ1n) is 10.3. The zero-order chi connectivity index (χ0) is 20.9. The number of fused-ring (bicyclic) bond motifs is 1. The Bertz CT molecular complexity index is 916. The van der Waals surface area contributed by atoms with E-state index in [2.05, 4.69) is 5.32 Å². The number of carbonyl (C=O) groups is 2. The fourth-order valence-corrected chi connectivity index (χ4v) is 4.09. The van der Waals surface area contributed by atoms with E-state index in [0.717, 1.165) is 36.4 Å². The number of nitrogens with one attached hydrogen (secondary N) is 1. The van der Waals surface area contributed by atoms with Crippen LogP contribution < -0.4 is 14.8 Å². The quantitative estimate of drug-likeness (QED) is 0.706. The standard InChI is InChI=1S/C23H25ClN2O4/c24-18-8-5-16(6-9-18)23(28)25-11-1-4-22(27)26-12-2-3-19(26)17-7-10-20-21(15-17)30-14-13-29-20/h5-10,15,19H,1-4,11-14H2,(H,25,28)/t19-/m1/s1. The average molecular weight is 429 g/mol. The Morgan fingerprint density at radius 1 is 1.07 bits per heavy atom. The highest BCUT2D eigenvalue weighted by molar-refractivity contribution is 6.30. The molecule has 0 unspecified atom stereocenters. The van der Waals surface area contributed by atoms with Crippen LogP contribution in [-0.2, 0) is 4.79 Å². The molecule has 0 radical (unpaired) electrons. The summed E-state index contributed by atoms with van der Waals surface area (Å²) in [6.07, 6.45) is 2.93. The zero-order valence-electron chi connectivity index (χ0n) is 16.7. The lowest BCUT2D eigenvalue weighted by Crippen LogP contribution is -2.31. The second-order valence-electron chi connectivity index (χ2n) is 7.51. The molecule has 2 amide bonds. The highest BCUT2D eigenvalue weighted by Gasteiger charge is 2.30. The van der Waals surface area contributed by atoms with E-state index in [1.807, 2.05) is 23.1 Å². The van der Waals surface area contributed by atoms with E-state index < -0.39 is 0 Å². The fourth-order valence-electron chi connectivity index (χ4n) is 3.97. The second-order valence-corrected chi connectivity index (χ2v) is 7.95. The summed E-state index contributed by atoms with van der Waals surface area (Å²) >= 11 is 5.84. The van der Waals surface area contributed by atoms with Crippen LogP contribution in [-0.4, -0.2) is 43.0 Å². The Morgan fingerprint density at radius 2 is 1.83 bits per heavy atom. The number of carbonyl (C=O) groups excluding carboxylic acids is 2. The van der Waals surface area contributed by atoms with E-state index in [-0.39, 0.29) is 17.9 Å². The molecule has 6 nitrogen and oxygen atoms in total. The number of nitrogens with zero attached hydrogens (tertiary/aromatic N) is 1. The van der Waals surface area contributed by atoms with Gasteiger partial charge in [-0.25, -0.2) is 0 Å². The minimum atomic E-state index is -0.158. The van der Waals surface area contributed by atoms with E-state index in [4.69, 9.17) is 21.1 Å². The van der Waals surface area contributed by atoms with Crippen molar-refractivity contribution < 1.29 is 19.1 Å². The Morgan fingerprint density at radius 3 is 2.63 bits per heavy atom. The Labute approximate surface area is 181 Å². The van der Waals surface area contributed by atoms with Gasteiger partial charge >= 0.3 is 0 Å². The van der Waals surface area contributed by atoms with Crippen molar-refractivity contribution in [2.24, 2.45) is 0 Å². The number of hydrogen-bond donors (Lipinski definition) is 1. The predicted octanol–water partition coefficient (Wildman–Crippen LogP) is 3.98. The number of rotatable bonds is 6. The van der Waals surface area contributed by atoms with Crippen LogP contribution in [0, 0.1) is 0 Å². The van der Waals surface area contributed by atoms with Crippen LogP contribution in [0.25, 0.3) is 0 Å². The van der Waals surface area contributed by atoms with Crippen LogP contribution in [0.2, 0.25) is 5.02 Å². The molecule has 1 atom stereocenters. The smallest absolute Gasteiger partial charge is 0.251 e. The molecule has 1 N–H and O–H groups in total. The minimum Gasteiger partial charge on any atom is -0.486 e. The summed E-state index contributed by atoms with van der Waals surface area (Å²) in [6.45, 7) is 2.32. The van der Waals surface area contributed by atoms with Gasteiger partial charge in [0.25, 0.3) is 5.91 Å². The molecule has 7 heteroatoms. The lowest BCUT2D eigenvalue weighted by molar-refractivity contribution is -0.132. The minimum absolute atomic E-state index is 0.0667. The molecule has 158 valence electrons. The van der Waals surface area contributed by atoms with Gasteiger partial charge in [-0.3, -0.25) is 9.59 Å². The van der Waals surface area contributed by atoms with Crippen molar-refractivity contribution >= 4 is 23.4 Å². The van der Waals surface area contributed by atoms with Crippen molar-refractivity contribution in [3.63, 3.8) is 0 Å². The van der Waals surface area contributed by atoms with Gasteiger partial charge < -0.3 is 19.7 Å². The largest absolute Gasteiger partial charge is 0.486 e. The number of hydrogen-bond acceptors (Lipinski definition) is 4. The van der Waals surface area contributed by atoms with Crippen LogP contribution >= 0.6 is 11.6 Å². The molecule has 2 aliphatic rings. The Kier molecular flexibility index (Phi) is 6.43. The molecule has 30 heavy (non-hydrogen) atoms. The van der Waals surface area contributed by atoms with Gasteiger partial charge in [-0.1, -0.05) is 17.7 Å². The summed E-state index contributed by atoms with van der Waals surface area (Å²) in [7, 11) is 0. The maximum atomic E-state index is 12.8. The van der Waals surface area contributed by atoms with Crippen LogP contribution in [0.5, 0.6) is 11.5 Å². The average Bonchev–Trinajstić information content (AvgIpc) is 3.26. The molecule has 2 aromatic carbocycles. The summed E-state index contributed by atoms with van der Waals surface area (Å²) in [5.74, 6) is 1.47. The molecule has 1 saturated heterocycles. The number of halogens is 1. The maximum absolute atomic E-state index is 12.8. The first-order chi connectivity index (χ1) is 14.6. The molecular formula is C23H25ClN2O4. The van der Waals surface area contributed by atoms with Gasteiger partial charge in [0.1, 0.15) is 13.2 Å². The van der Waals surface area contributed by atoms with Gasteiger partial charge in [-0.2, -0.15) is 0 Å². The normalized spacial score (nSPS) is 17.6. The molecule has 0 aliphatic carbocycles. The number of likely N-dealkylation sites (tertiary alicyclic amines) is 1. The van der Waals surface area contributed by atoms with Crippen molar-refractivity contribution in [3.05, 3.63) is 58.6 Å². The van der Waals surface area contributed by atoms with Gasteiger partial charge in [0.05, 0.1) is 6.04 Å². The van der Waals surface area contributed by atoms with E-state index in [1.54, 1.807) is 24.3 Å². The molecular weight excluding hydrogens is 404 g/mol.